The van der Waals surface area contributed by atoms with Gasteiger partial charge in [-0.05, 0) is 28.5 Å². The Balaban J connectivity index is 1.50. The number of nitrogens with zero attached hydrogens (tertiary/aromatic N) is 1. The number of rotatable bonds is 4. The summed E-state index contributed by atoms with van der Waals surface area (Å²) in [5.41, 5.74) is 2.53. The molecule has 32 heavy (non-hydrogen) atoms. The first-order valence-electron chi connectivity index (χ1n) is 10.5. The molecule has 0 saturated carbocycles. The van der Waals surface area contributed by atoms with E-state index >= 15 is 0 Å². The van der Waals surface area contributed by atoms with Crippen molar-refractivity contribution in [2.75, 3.05) is 7.11 Å². The van der Waals surface area contributed by atoms with Crippen LogP contribution >= 0.6 is 0 Å². The van der Waals surface area contributed by atoms with Crippen LogP contribution in [-0.2, 0) is 16.0 Å². The molecular weight excluding hydrogens is 400 g/mol. The van der Waals surface area contributed by atoms with Crippen LogP contribution in [0.15, 0.2) is 91.0 Å². The zero-order valence-electron chi connectivity index (χ0n) is 17.6. The number of carbonyl (C=O) groups excluding carboxylic acids is 2. The minimum atomic E-state index is -0.811. The largest absolute Gasteiger partial charge is 0.467 e. The number of aromatic nitrogens is 1. The number of nitrogens with one attached hydrogen (secondary N) is 1. The maximum Gasteiger partial charge on any atom is 0.328 e. The van der Waals surface area contributed by atoms with Crippen LogP contribution in [0.25, 0.3) is 32.6 Å². The van der Waals surface area contributed by atoms with Crippen molar-refractivity contribution in [2.45, 2.75) is 12.5 Å². The van der Waals surface area contributed by atoms with Crippen LogP contribution in [0, 0.1) is 0 Å². The zero-order chi connectivity index (χ0) is 22.1. The van der Waals surface area contributed by atoms with E-state index in [4.69, 9.17) is 4.74 Å². The standard InChI is InChI=1S/C27H22N2O3/c1-32-26(30)23(17-18-14-15-19-8-2-3-9-20(19)16-18)28-27(31)29-24-12-6-4-10-21(24)22-11-5-7-13-25(22)29/h2-16,23H,17H2,1H3,(H,28,31)/t23-/m1/s1. The van der Waals surface area contributed by atoms with Gasteiger partial charge < -0.3 is 10.1 Å². The maximum atomic E-state index is 13.4. The van der Waals surface area contributed by atoms with Crippen LogP contribution in [-0.4, -0.2) is 29.7 Å². The average Bonchev–Trinajstić information content (AvgIpc) is 3.17. The molecule has 0 spiro atoms. The van der Waals surface area contributed by atoms with Gasteiger partial charge >= 0.3 is 12.0 Å². The summed E-state index contributed by atoms with van der Waals surface area (Å²) < 4.78 is 6.63. The first-order chi connectivity index (χ1) is 15.7. The fraction of sp³-hybridized carbons (Fsp3) is 0.111. The van der Waals surface area contributed by atoms with Gasteiger partial charge in [0.2, 0.25) is 0 Å². The second-order valence-electron chi connectivity index (χ2n) is 7.78. The van der Waals surface area contributed by atoms with E-state index in [2.05, 4.69) is 5.32 Å². The molecule has 0 aliphatic carbocycles. The molecule has 1 aromatic heterocycles. The van der Waals surface area contributed by atoms with Gasteiger partial charge in [-0.1, -0.05) is 78.9 Å². The molecule has 1 heterocycles. The van der Waals surface area contributed by atoms with E-state index in [0.29, 0.717) is 6.42 Å². The fourth-order valence-electron chi connectivity index (χ4n) is 4.29. The predicted octanol–water partition coefficient (Wildman–Crippen LogP) is 5.29. The van der Waals surface area contributed by atoms with Gasteiger partial charge in [-0.3, -0.25) is 4.57 Å². The van der Waals surface area contributed by atoms with Crippen molar-refractivity contribution in [1.82, 2.24) is 9.88 Å². The van der Waals surface area contributed by atoms with E-state index in [9.17, 15) is 9.59 Å². The average molecular weight is 422 g/mol. The third-order valence-electron chi connectivity index (χ3n) is 5.82. The molecule has 0 saturated heterocycles. The third kappa shape index (κ3) is 3.48. The van der Waals surface area contributed by atoms with Crippen LogP contribution in [0.4, 0.5) is 4.79 Å². The van der Waals surface area contributed by atoms with Gasteiger partial charge in [0.25, 0.3) is 0 Å². The summed E-state index contributed by atoms with van der Waals surface area (Å²) in [7, 11) is 1.34. The van der Waals surface area contributed by atoms with Crippen LogP contribution in [0.5, 0.6) is 0 Å². The summed E-state index contributed by atoms with van der Waals surface area (Å²) in [6, 6.07) is 28.4. The monoisotopic (exact) mass is 422 g/mol. The van der Waals surface area contributed by atoms with E-state index in [1.54, 1.807) is 4.57 Å². The van der Waals surface area contributed by atoms with E-state index in [1.165, 1.54) is 7.11 Å². The normalized spacial score (nSPS) is 12.2. The van der Waals surface area contributed by atoms with Gasteiger partial charge in [0, 0.05) is 17.2 Å². The van der Waals surface area contributed by atoms with Crippen LogP contribution in [0.2, 0.25) is 0 Å². The highest BCUT2D eigenvalue weighted by Gasteiger charge is 2.24. The Morgan fingerprint density at radius 3 is 2.06 bits per heavy atom. The van der Waals surface area contributed by atoms with Crippen molar-refractivity contribution < 1.29 is 14.3 Å². The Labute approximate surface area is 185 Å². The highest BCUT2D eigenvalue weighted by atomic mass is 16.5. The van der Waals surface area contributed by atoms with Crippen LogP contribution < -0.4 is 5.32 Å². The molecule has 5 rings (SSSR count). The molecule has 5 nitrogen and oxygen atoms in total. The number of esters is 1. The van der Waals surface area contributed by atoms with Crippen LogP contribution in [0.3, 0.4) is 0 Å². The summed E-state index contributed by atoms with van der Waals surface area (Å²) in [5, 5.41) is 7.09. The predicted molar refractivity (Wildman–Crippen MR) is 127 cm³/mol. The van der Waals surface area contributed by atoms with Crippen LogP contribution in [0.1, 0.15) is 5.56 Å². The molecule has 0 fully saturated rings. The molecule has 4 aromatic carbocycles. The van der Waals surface area contributed by atoms with Gasteiger partial charge in [-0.2, -0.15) is 0 Å². The van der Waals surface area contributed by atoms with Crippen molar-refractivity contribution >= 4 is 44.6 Å². The molecule has 158 valence electrons. The first kappa shape index (κ1) is 19.8. The number of amides is 1. The molecule has 0 aliphatic heterocycles. The van der Waals surface area contributed by atoms with Crippen molar-refractivity contribution in [3.63, 3.8) is 0 Å². The lowest BCUT2D eigenvalue weighted by molar-refractivity contribution is -0.142. The number of para-hydroxylation sites is 2. The lowest BCUT2D eigenvalue weighted by Gasteiger charge is -2.18. The number of hydrogen-bond donors (Lipinski definition) is 1. The van der Waals surface area contributed by atoms with Gasteiger partial charge in [-0.15, -0.1) is 0 Å². The number of hydrogen-bond acceptors (Lipinski definition) is 3. The summed E-state index contributed by atoms with van der Waals surface area (Å²) in [5.74, 6) is -0.479. The summed E-state index contributed by atoms with van der Waals surface area (Å²) in [4.78, 5) is 26.0. The quantitative estimate of drug-likeness (QED) is 0.400. The van der Waals surface area contributed by atoms with E-state index in [1.807, 2.05) is 91.0 Å². The van der Waals surface area contributed by atoms with Crippen molar-refractivity contribution in [2.24, 2.45) is 0 Å². The molecule has 1 N–H and O–H groups in total. The molecule has 0 bridgehead atoms. The van der Waals surface area contributed by atoms with E-state index < -0.39 is 12.0 Å². The zero-order valence-corrected chi connectivity index (χ0v) is 17.6. The second kappa shape index (κ2) is 8.19. The maximum absolute atomic E-state index is 13.4. The van der Waals surface area contributed by atoms with Gasteiger partial charge in [0.15, 0.2) is 0 Å². The summed E-state index contributed by atoms with van der Waals surface area (Å²) >= 11 is 0. The number of fused-ring (bicyclic) bond motifs is 4. The molecular formula is C27H22N2O3. The topological polar surface area (TPSA) is 60.3 Å². The fourth-order valence-corrected chi connectivity index (χ4v) is 4.29. The summed E-state index contributed by atoms with van der Waals surface area (Å²) in [6.45, 7) is 0. The van der Waals surface area contributed by atoms with E-state index in [0.717, 1.165) is 38.1 Å². The minimum absolute atomic E-state index is 0.334. The van der Waals surface area contributed by atoms with Gasteiger partial charge in [-0.25, -0.2) is 9.59 Å². The highest BCUT2D eigenvalue weighted by molar-refractivity contribution is 6.13. The SMILES string of the molecule is COC(=O)[C@@H](Cc1ccc2ccccc2c1)NC(=O)n1c2ccccc2c2ccccc21. The lowest BCUT2D eigenvalue weighted by atomic mass is 10.0. The Morgan fingerprint density at radius 1 is 0.812 bits per heavy atom. The minimum Gasteiger partial charge on any atom is -0.467 e. The molecule has 0 radical (unpaired) electrons. The first-order valence-corrected chi connectivity index (χ1v) is 10.5. The molecule has 0 unspecified atom stereocenters. The third-order valence-corrected chi connectivity index (χ3v) is 5.82. The Hall–Kier alpha value is -4.12. The van der Waals surface area contributed by atoms with Crippen molar-refractivity contribution in [1.29, 1.82) is 0 Å². The van der Waals surface area contributed by atoms with Crippen molar-refractivity contribution in [3.8, 4) is 0 Å². The number of methoxy groups -OCH3 is 1. The Kier molecular flexibility index (Phi) is 5.07. The number of ether oxygens (including phenoxy) is 1. The highest BCUT2D eigenvalue weighted by Crippen LogP contribution is 2.28. The number of carbonyl (C=O) groups is 2. The lowest BCUT2D eigenvalue weighted by Crippen LogP contribution is -2.44. The molecule has 1 atom stereocenters. The molecule has 1 amide bonds. The van der Waals surface area contributed by atoms with Crippen molar-refractivity contribution in [3.05, 3.63) is 96.6 Å². The molecule has 5 heteroatoms. The van der Waals surface area contributed by atoms with E-state index in [-0.39, 0.29) is 6.03 Å². The van der Waals surface area contributed by atoms with Gasteiger partial charge in [0.05, 0.1) is 18.1 Å². The molecule has 5 aromatic rings. The smallest absolute Gasteiger partial charge is 0.328 e. The number of benzene rings is 4. The summed E-state index contributed by atoms with van der Waals surface area (Å²) in [6.07, 6.45) is 0.334. The Morgan fingerprint density at radius 2 is 1.41 bits per heavy atom. The Bertz CT molecular complexity index is 1410. The second-order valence-corrected chi connectivity index (χ2v) is 7.78. The van der Waals surface area contributed by atoms with Gasteiger partial charge in [0.1, 0.15) is 6.04 Å². The molecule has 0 aliphatic rings.